The number of para-hydroxylation sites is 1. The smallest absolute Gasteiger partial charge is 0.234 e. The lowest BCUT2D eigenvalue weighted by atomic mass is 9.86. The van der Waals surface area contributed by atoms with Crippen molar-refractivity contribution >= 4 is 23.4 Å². The van der Waals surface area contributed by atoms with Crippen LogP contribution in [0.25, 0.3) is 0 Å². The van der Waals surface area contributed by atoms with E-state index in [1.165, 1.54) is 11.8 Å². The number of rotatable bonds is 4. The molecule has 1 aromatic heterocycles. The van der Waals surface area contributed by atoms with Gasteiger partial charge in [0, 0.05) is 11.4 Å². The minimum Gasteiger partial charge on any atom is -0.325 e. The van der Waals surface area contributed by atoms with Gasteiger partial charge in [0.2, 0.25) is 5.91 Å². The van der Waals surface area contributed by atoms with Crippen molar-refractivity contribution in [2.75, 3.05) is 11.1 Å². The van der Waals surface area contributed by atoms with Gasteiger partial charge in [-0.2, -0.15) is 5.26 Å². The maximum absolute atomic E-state index is 12.5. The fraction of sp³-hybridized carbons (Fsp3) is 0.381. The highest BCUT2D eigenvalue weighted by molar-refractivity contribution is 8.00. The van der Waals surface area contributed by atoms with E-state index < -0.39 is 0 Å². The van der Waals surface area contributed by atoms with Crippen molar-refractivity contribution in [2.45, 2.75) is 52.0 Å². The van der Waals surface area contributed by atoms with Gasteiger partial charge in [-0.25, -0.2) is 4.98 Å². The van der Waals surface area contributed by atoms with Gasteiger partial charge in [0.25, 0.3) is 0 Å². The summed E-state index contributed by atoms with van der Waals surface area (Å²) in [6.45, 7) is 12.2. The van der Waals surface area contributed by atoms with E-state index in [9.17, 15) is 10.1 Å². The third kappa shape index (κ3) is 4.44. The zero-order chi connectivity index (χ0) is 19.5. The maximum atomic E-state index is 12.5. The van der Waals surface area contributed by atoms with E-state index >= 15 is 0 Å². The summed E-state index contributed by atoms with van der Waals surface area (Å²) in [4.78, 5) is 17.0. The van der Waals surface area contributed by atoms with Gasteiger partial charge in [0.1, 0.15) is 11.1 Å². The van der Waals surface area contributed by atoms with Crippen molar-refractivity contribution in [2.24, 2.45) is 0 Å². The van der Waals surface area contributed by atoms with Crippen LogP contribution >= 0.6 is 11.8 Å². The highest BCUT2D eigenvalue weighted by Crippen LogP contribution is 2.30. The Kier molecular flexibility index (Phi) is 6.09. The summed E-state index contributed by atoms with van der Waals surface area (Å²) in [6.07, 6.45) is 0. The SMILES string of the molecule is Cc1nc(SCC(=O)Nc2ccccc2C(C)(C)C)c(C#N)c(C)c1C. The molecular weight excluding hydrogens is 342 g/mol. The second-order valence-electron chi connectivity index (χ2n) is 7.37. The van der Waals surface area contributed by atoms with Crippen LogP contribution < -0.4 is 5.32 Å². The average molecular weight is 368 g/mol. The lowest BCUT2D eigenvalue weighted by Crippen LogP contribution is -2.20. The van der Waals surface area contributed by atoms with Gasteiger partial charge in [0.15, 0.2) is 0 Å². The molecule has 5 heteroatoms. The zero-order valence-corrected chi connectivity index (χ0v) is 17.0. The fourth-order valence-electron chi connectivity index (χ4n) is 2.71. The van der Waals surface area contributed by atoms with Gasteiger partial charge >= 0.3 is 0 Å². The Hall–Kier alpha value is -2.32. The topological polar surface area (TPSA) is 65.8 Å². The second-order valence-corrected chi connectivity index (χ2v) is 8.34. The predicted molar refractivity (Wildman–Crippen MR) is 108 cm³/mol. The van der Waals surface area contributed by atoms with E-state index in [0.717, 1.165) is 28.1 Å². The molecule has 0 aliphatic rings. The number of thioether (sulfide) groups is 1. The van der Waals surface area contributed by atoms with Crippen LogP contribution in [0.5, 0.6) is 0 Å². The number of carbonyl (C=O) groups excluding carboxylic acids is 1. The zero-order valence-electron chi connectivity index (χ0n) is 16.2. The molecule has 2 aromatic rings. The molecule has 0 unspecified atom stereocenters. The van der Waals surface area contributed by atoms with Gasteiger partial charge in [-0.1, -0.05) is 50.7 Å². The van der Waals surface area contributed by atoms with Gasteiger partial charge in [-0.05, 0) is 48.9 Å². The molecule has 1 amide bonds. The number of hydrogen-bond acceptors (Lipinski definition) is 4. The Balaban J connectivity index is 2.16. The summed E-state index contributed by atoms with van der Waals surface area (Å²) in [7, 11) is 0. The molecule has 4 nitrogen and oxygen atoms in total. The number of nitrogens with one attached hydrogen (secondary N) is 1. The molecule has 1 heterocycles. The Morgan fingerprint density at radius 3 is 2.46 bits per heavy atom. The molecule has 0 aliphatic carbocycles. The van der Waals surface area contributed by atoms with Crippen LogP contribution in [0, 0.1) is 32.1 Å². The molecule has 26 heavy (non-hydrogen) atoms. The molecule has 1 aromatic carbocycles. The number of benzene rings is 1. The van der Waals surface area contributed by atoms with E-state index in [1.54, 1.807) is 0 Å². The lowest BCUT2D eigenvalue weighted by molar-refractivity contribution is -0.113. The Labute approximate surface area is 160 Å². The molecule has 0 atom stereocenters. The highest BCUT2D eigenvalue weighted by Gasteiger charge is 2.19. The first-order valence-electron chi connectivity index (χ1n) is 8.55. The summed E-state index contributed by atoms with van der Waals surface area (Å²) in [6, 6.07) is 10.1. The molecule has 0 saturated heterocycles. The van der Waals surface area contributed by atoms with E-state index in [1.807, 2.05) is 45.0 Å². The molecule has 0 spiro atoms. The number of nitriles is 1. The predicted octanol–water partition coefficient (Wildman–Crippen LogP) is 4.91. The van der Waals surface area contributed by atoms with Crippen LogP contribution in [0.1, 0.15) is 48.7 Å². The third-order valence-corrected chi connectivity index (χ3v) is 5.40. The summed E-state index contributed by atoms with van der Waals surface area (Å²) >= 11 is 1.30. The number of aromatic nitrogens is 1. The molecule has 0 bridgehead atoms. The van der Waals surface area contributed by atoms with Crippen molar-refractivity contribution in [1.82, 2.24) is 4.98 Å². The number of pyridine rings is 1. The molecule has 0 fully saturated rings. The summed E-state index contributed by atoms with van der Waals surface area (Å²) in [5, 5.41) is 13.0. The normalized spacial score (nSPS) is 11.1. The molecule has 1 N–H and O–H groups in total. The summed E-state index contributed by atoms with van der Waals surface area (Å²) in [5.74, 6) is 0.107. The quantitative estimate of drug-likeness (QED) is 0.780. The third-order valence-electron chi connectivity index (χ3n) is 4.42. The molecule has 0 radical (unpaired) electrons. The molecule has 0 saturated carbocycles. The molecule has 2 rings (SSSR count). The number of carbonyl (C=O) groups is 1. The minimum absolute atomic E-state index is 0.0578. The monoisotopic (exact) mass is 367 g/mol. The number of amides is 1. The largest absolute Gasteiger partial charge is 0.325 e. The number of hydrogen-bond donors (Lipinski definition) is 1. The van der Waals surface area contributed by atoms with Crippen LogP contribution in [0.3, 0.4) is 0 Å². The van der Waals surface area contributed by atoms with Crippen LogP contribution in [0.2, 0.25) is 0 Å². The van der Waals surface area contributed by atoms with Crippen molar-refractivity contribution in [3.8, 4) is 6.07 Å². The van der Waals surface area contributed by atoms with Crippen molar-refractivity contribution in [3.63, 3.8) is 0 Å². The standard InChI is InChI=1S/C21H25N3OS/c1-13-14(2)16(11-22)20(23-15(13)3)26-12-19(25)24-18-10-8-7-9-17(18)21(4,5)6/h7-10H,12H2,1-6H3,(H,24,25). The van der Waals surface area contributed by atoms with Crippen LogP contribution in [-0.4, -0.2) is 16.6 Å². The first-order valence-corrected chi connectivity index (χ1v) is 9.53. The van der Waals surface area contributed by atoms with E-state index in [4.69, 9.17) is 0 Å². The molecule has 136 valence electrons. The van der Waals surface area contributed by atoms with E-state index in [2.05, 4.69) is 37.1 Å². The molecule has 0 aliphatic heterocycles. The van der Waals surface area contributed by atoms with Crippen molar-refractivity contribution in [3.05, 3.63) is 52.2 Å². The number of anilines is 1. The highest BCUT2D eigenvalue weighted by atomic mass is 32.2. The van der Waals surface area contributed by atoms with Crippen molar-refractivity contribution < 1.29 is 4.79 Å². The summed E-state index contributed by atoms with van der Waals surface area (Å²) in [5.41, 5.74) is 5.27. The van der Waals surface area contributed by atoms with Crippen LogP contribution in [0.4, 0.5) is 5.69 Å². The molecular formula is C21H25N3OS. The first-order chi connectivity index (χ1) is 12.1. The van der Waals surface area contributed by atoms with Gasteiger partial charge < -0.3 is 5.32 Å². The van der Waals surface area contributed by atoms with E-state index in [0.29, 0.717) is 10.6 Å². The van der Waals surface area contributed by atoms with E-state index in [-0.39, 0.29) is 17.1 Å². The summed E-state index contributed by atoms with van der Waals surface area (Å²) < 4.78 is 0. The van der Waals surface area contributed by atoms with Gasteiger partial charge in [-0.15, -0.1) is 0 Å². The Morgan fingerprint density at radius 2 is 1.85 bits per heavy atom. The fourth-order valence-corrected chi connectivity index (χ4v) is 3.60. The number of nitrogens with zero attached hydrogens (tertiary/aromatic N) is 2. The maximum Gasteiger partial charge on any atom is 0.234 e. The minimum atomic E-state index is -0.103. The first kappa shape index (κ1) is 20.0. The van der Waals surface area contributed by atoms with Crippen LogP contribution in [0.15, 0.2) is 29.3 Å². The Bertz CT molecular complexity index is 876. The van der Waals surface area contributed by atoms with Crippen LogP contribution in [-0.2, 0) is 10.2 Å². The number of aryl methyl sites for hydroxylation is 1. The second kappa shape index (κ2) is 7.92. The Morgan fingerprint density at radius 1 is 1.19 bits per heavy atom. The average Bonchev–Trinajstić information content (AvgIpc) is 2.57. The van der Waals surface area contributed by atoms with Crippen molar-refractivity contribution in [1.29, 1.82) is 5.26 Å². The van der Waals surface area contributed by atoms with Gasteiger partial charge in [0.05, 0.1) is 11.3 Å². The lowest BCUT2D eigenvalue weighted by Gasteiger charge is -2.23. The van der Waals surface area contributed by atoms with Gasteiger partial charge in [-0.3, -0.25) is 4.79 Å².